The maximum absolute atomic E-state index is 4.36. The number of nitrogens with zero attached hydrogens (tertiary/aromatic N) is 2. The average Bonchev–Trinajstić information content (AvgIpc) is 2.52. The zero-order chi connectivity index (χ0) is 9.84. The van der Waals surface area contributed by atoms with E-state index in [4.69, 9.17) is 0 Å². The Bertz CT molecular complexity index is 272. The third-order valence-electron chi connectivity index (χ3n) is 2.21. The van der Waals surface area contributed by atoms with E-state index in [1.807, 2.05) is 6.92 Å². The van der Waals surface area contributed by atoms with E-state index in [9.17, 15) is 0 Å². The van der Waals surface area contributed by atoms with Gasteiger partial charge in [0.2, 0.25) is 0 Å². The van der Waals surface area contributed by atoms with Crippen molar-refractivity contribution in [2.45, 2.75) is 27.7 Å². The van der Waals surface area contributed by atoms with Crippen LogP contribution in [0.3, 0.4) is 0 Å². The van der Waals surface area contributed by atoms with E-state index >= 15 is 0 Å². The number of rotatable bonds is 2. The van der Waals surface area contributed by atoms with E-state index < -0.39 is 0 Å². The van der Waals surface area contributed by atoms with Gasteiger partial charge in [-0.1, -0.05) is 13.8 Å². The van der Waals surface area contributed by atoms with Gasteiger partial charge in [0.15, 0.2) is 0 Å². The third kappa shape index (κ3) is 2.17. The molecule has 13 heavy (non-hydrogen) atoms. The van der Waals surface area contributed by atoms with E-state index in [1.54, 1.807) is 6.21 Å². The predicted molar refractivity (Wildman–Crippen MR) is 57.1 cm³/mol. The van der Waals surface area contributed by atoms with Gasteiger partial charge in [-0.2, -0.15) is 5.10 Å². The van der Waals surface area contributed by atoms with Crippen molar-refractivity contribution in [3.05, 3.63) is 11.3 Å². The summed E-state index contributed by atoms with van der Waals surface area (Å²) >= 11 is 0. The number of hydrogen-bond acceptors (Lipinski definition) is 3. The molecular weight excluding hydrogens is 162 g/mol. The lowest BCUT2D eigenvalue weighted by Crippen LogP contribution is -2.12. The van der Waals surface area contributed by atoms with E-state index in [-0.39, 0.29) is 0 Å². The van der Waals surface area contributed by atoms with E-state index in [0.717, 1.165) is 18.0 Å². The van der Waals surface area contributed by atoms with Crippen molar-refractivity contribution in [3.63, 3.8) is 0 Å². The van der Waals surface area contributed by atoms with Crippen LogP contribution in [0.4, 0.5) is 0 Å². The Hall–Kier alpha value is -1.12. The second-order valence-electron chi connectivity index (χ2n) is 3.44. The lowest BCUT2D eigenvalue weighted by Gasteiger charge is -2.09. The van der Waals surface area contributed by atoms with Crippen LogP contribution in [0, 0.1) is 5.92 Å². The zero-order valence-corrected chi connectivity index (χ0v) is 8.76. The van der Waals surface area contributed by atoms with Gasteiger partial charge in [-0.25, -0.2) is 0 Å². The average molecular weight is 179 g/mol. The van der Waals surface area contributed by atoms with Crippen LogP contribution in [0.15, 0.2) is 21.4 Å². The summed E-state index contributed by atoms with van der Waals surface area (Å²) in [6.45, 7) is 9.30. The van der Waals surface area contributed by atoms with Crippen LogP contribution in [-0.4, -0.2) is 18.5 Å². The molecule has 0 spiro atoms. The molecule has 0 aromatic rings. The van der Waals surface area contributed by atoms with Gasteiger partial charge in [0.05, 0.1) is 11.9 Å². The number of aliphatic imine (C=N–C) groups is 1. The van der Waals surface area contributed by atoms with Gasteiger partial charge in [-0.3, -0.25) is 10.4 Å². The maximum Gasteiger partial charge on any atom is 0.102 e. The second kappa shape index (κ2) is 4.21. The first kappa shape index (κ1) is 9.96. The van der Waals surface area contributed by atoms with Gasteiger partial charge in [0, 0.05) is 6.54 Å². The zero-order valence-electron chi connectivity index (χ0n) is 8.76. The standard InChI is InChI=1S/C10H17N3/c1-5-11-9-6-12-13-10(9)8(4)7(2)3/h6-7,13H,5H2,1-4H3/b10-8-,11-9-. The van der Waals surface area contributed by atoms with E-state index in [1.165, 1.54) is 5.57 Å². The fourth-order valence-electron chi connectivity index (χ4n) is 1.15. The topological polar surface area (TPSA) is 36.8 Å². The van der Waals surface area contributed by atoms with Gasteiger partial charge in [0.1, 0.15) is 5.71 Å². The van der Waals surface area contributed by atoms with Crippen LogP contribution >= 0.6 is 0 Å². The van der Waals surface area contributed by atoms with Gasteiger partial charge in [-0.05, 0) is 25.3 Å². The predicted octanol–water partition coefficient (Wildman–Crippen LogP) is 1.97. The Balaban J connectivity index is 2.94. The Morgan fingerprint density at radius 1 is 1.62 bits per heavy atom. The molecule has 1 heterocycles. The van der Waals surface area contributed by atoms with Crippen molar-refractivity contribution in [1.29, 1.82) is 0 Å². The first-order valence-corrected chi connectivity index (χ1v) is 4.71. The smallest absolute Gasteiger partial charge is 0.102 e. The largest absolute Gasteiger partial charge is 0.282 e. The number of allylic oxidation sites excluding steroid dienone is 2. The molecule has 0 atom stereocenters. The van der Waals surface area contributed by atoms with Crippen molar-refractivity contribution >= 4 is 11.9 Å². The molecule has 0 unspecified atom stereocenters. The minimum atomic E-state index is 0.534. The van der Waals surface area contributed by atoms with Gasteiger partial charge in [-0.15, -0.1) is 0 Å². The molecule has 0 radical (unpaired) electrons. The molecule has 3 nitrogen and oxygen atoms in total. The van der Waals surface area contributed by atoms with Crippen molar-refractivity contribution < 1.29 is 0 Å². The first-order chi connectivity index (χ1) is 6.16. The Morgan fingerprint density at radius 2 is 2.31 bits per heavy atom. The molecule has 72 valence electrons. The van der Waals surface area contributed by atoms with Crippen LogP contribution in [0.1, 0.15) is 27.7 Å². The molecule has 0 aliphatic carbocycles. The molecule has 0 saturated carbocycles. The van der Waals surface area contributed by atoms with Crippen molar-refractivity contribution in [3.8, 4) is 0 Å². The highest BCUT2D eigenvalue weighted by Crippen LogP contribution is 2.15. The van der Waals surface area contributed by atoms with Gasteiger partial charge >= 0.3 is 0 Å². The summed E-state index contributed by atoms with van der Waals surface area (Å²) in [6, 6.07) is 0. The maximum atomic E-state index is 4.36. The fraction of sp³-hybridized carbons (Fsp3) is 0.600. The highest BCUT2D eigenvalue weighted by Gasteiger charge is 2.14. The lowest BCUT2D eigenvalue weighted by atomic mass is 10.0. The summed E-state index contributed by atoms with van der Waals surface area (Å²) in [5, 5.41) is 4.00. The van der Waals surface area contributed by atoms with E-state index in [2.05, 4.69) is 36.3 Å². The number of hydrazone groups is 1. The quantitative estimate of drug-likeness (QED) is 0.691. The molecule has 1 aliphatic heterocycles. The highest BCUT2D eigenvalue weighted by atomic mass is 15.3. The molecule has 0 aromatic heterocycles. The van der Waals surface area contributed by atoms with Crippen LogP contribution < -0.4 is 5.43 Å². The first-order valence-electron chi connectivity index (χ1n) is 4.71. The molecule has 0 aromatic carbocycles. The molecule has 3 heteroatoms. The second-order valence-corrected chi connectivity index (χ2v) is 3.44. The molecule has 0 fully saturated rings. The van der Waals surface area contributed by atoms with Crippen LogP contribution in [0.5, 0.6) is 0 Å². The Morgan fingerprint density at radius 3 is 2.85 bits per heavy atom. The molecule has 1 aliphatic rings. The summed E-state index contributed by atoms with van der Waals surface area (Å²) < 4.78 is 0. The van der Waals surface area contributed by atoms with Gasteiger partial charge in [0.25, 0.3) is 0 Å². The van der Waals surface area contributed by atoms with Crippen LogP contribution in [0.2, 0.25) is 0 Å². The molecule has 1 rings (SSSR count). The van der Waals surface area contributed by atoms with Crippen molar-refractivity contribution in [1.82, 2.24) is 5.43 Å². The molecular formula is C10H17N3. The third-order valence-corrected chi connectivity index (χ3v) is 2.21. The normalized spacial score (nSPS) is 22.7. The van der Waals surface area contributed by atoms with Crippen LogP contribution in [0.25, 0.3) is 0 Å². The minimum Gasteiger partial charge on any atom is -0.282 e. The summed E-state index contributed by atoms with van der Waals surface area (Å²) in [6.07, 6.45) is 1.78. The summed E-state index contributed by atoms with van der Waals surface area (Å²) in [5.41, 5.74) is 6.36. The Kier molecular flexibility index (Phi) is 3.23. The highest BCUT2D eigenvalue weighted by molar-refractivity contribution is 6.39. The molecule has 1 N–H and O–H groups in total. The molecule has 0 saturated heterocycles. The monoisotopic (exact) mass is 179 g/mol. The van der Waals surface area contributed by atoms with Crippen molar-refractivity contribution in [2.75, 3.05) is 6.54 Å². The summed E-state index contributed by atoms with van der Waals surface area (Å²) in [4.78, 5) is 4.36. The van der Waals surface area contributed by atoms with E-state index in [0.29, 0.717) is 5.92 Å². The summed E-state index contributed by atoms with van der Waals surface area (Å²) in [7, 11) is 0. The van der Waals surface area contributed by atoms with Gasteiger partial charge < -0.3 is 0 Å². The minimum absolute atomic E-state index is 0.534. The van der Waals surface area contributed by atoms with Crippen LogP contribution in [-0.2, 0) is 0 Å². The number of nitrogens with one attached hydrogen (secondary N) is 1. The van der Waals surface area contributed by atoms with Crippen molar-refractivity contribution in [2.24, 2.45) is 16.0 Å². The Labute approximate surface area is 79.6 Å². The number of hydrogen-bond donors (Lipinski definition) is 1. The SMILES string of the molecule is CC/N=C1/C=NN/C1=C(/C)C(C)C. The summed E-state index contributed by atoms with van der Waals surface area (Å²) in [5.74, 6) is 0.534. The lowest BCUT2D eigenvalue weighted by molar-refractivity contribution is 0.745. The fourth-order valence-corrected chi connectivity index (χ4v) is 1.15. The molecule has 0 amide bonds. The molecule has 0 bridgehead atoms.